The van der Waals surface area contributed by atoms with E-state index in [1.165, 1.54) is 29.3 Å². The van der Waals surface area contributed by atoms with Crippen LogP contribution in [0.4, 0.5) is 5.13 Å². The minimum Gasteiger partial charge on any atom is -0.298 e. The second-order valence-corrected chi connectivity index (χ2v) is 10.0. The Bertz CT molecular complexity index is 1110. The number of carbonyl (C=O) groups is 1. The van der Waals surface area contributed by atoms with E-state index in [1.54, 1.807) is 31.3 Å². The summed E-state index contributed by atoms with van der Waals surface area (Å²) in [7, 11) is -2.30. The average Bonchev–Trinajstić information content (AvgIpc) is 3.25. The van der Waals surface area contributed by atoms with Gasteiger partial charge in [0.1, 0.15) is 0 Å². The normalized spacial score (nSPS) is 11.6. The van der Waals surface area contributed by atoms with E-state index in [-0.39, 0.29) is 10.5 Å². The molecule has 6 nitrogen and oxygen atoms in total. The van der Waals surface area contributed by atoms with Crippen LogP contribution in [0.2, 0.25) is 0 Å². The predicted octanol–water partition coefficient (Wildman–Crippen LogP) is 3.96. The smallest absolute Gasteiger partial charge is 0.257 e. The maximum atomic E-state index is 12.6. The Hall–Kier alpha value is -2.07. The molecule has 3 aromatic rings. The van der Waals surface area contributed by atoms with Gasteiger partial charge in [0.2, 0.25) is 10.0 Å². The molecule has 0 saturated heterocycles. The van der Waals surface area contributed by atoms with E-state index >= 15 is 0 Å². The number of aryl methyl sites for hydroxylation is 2. The first-order valence-electron chi connectivity index (χ1n) is 8.10. The van der Waals surface area contributed by atoms with E-state index in [0.717, 1.165) is 16.1 Å². The summed E-state index contributed by atoms with van der Waals surface area (Å²) in [5, 5.41) is 5.11. The highest BCUT2D eigenvalue weighted by atomic mass is 32.2. The summed E-state index contributed by atoms with van der Waals surface area (Å²) in [4.78, 5) is 19.4. The van der Waals surface area contributed by atoms with Crippen molar-refractivity contribution in [3.05, 3.63) is 51.2 Å². The molecule has 2 aromatic heterocycles. The van der Waals surface area contributed by atoms with Crippen LogP contribution in [0.25, 0.3) is 10.6 Å². The van der Waals surface area contributed by atoms with Gasteiger partial charge >= 0.3 is 0 Å². The average molecular weight is 422 g/mol. The van der Waals surface area contributed by atoms with Crippen LogP contribution < -0.4 is 10.0 Å². The second-order valence-electron chi connectivity index (χ2n) is 6.03. The first kappa shape index (κ1) is 19.7. The Labute approximate surface area is 166 Å². The Kier molecular flexibility index (Phi) is 5.48. The van der Waals surface area contributed by atoms with Crippen molar-refractivity contribution < 1.29 is 13.2 Å². The number of rotatable bonds is 5. The highest BCUT2D eigenvalue weighted by Crippen LogP contribution is 2.30. The Morgan fingerprint density at radius 2 is 1.89 bits per heavy atom. The monoisotopic (exact) mass is 421 g/mol. The van der Waals surface area contributed by atoms with Gasteiger partial charge in [-0.15, -0.1) is 22.7 Å². The standard InChI is InChI=1S/C18H19N3O3S3/c1-10-7-13(8-16(12(10)3)27(23,24)19-4)17(22)21-18-20-14(9-25-18)15-6-5-11(2)26-15/h5-9,19H,1-4H3,(H,20,21,22). The molecular weight excluding hydrogens is 402 g/mol. The van der Waals surface area contributed by atoms with Crippen LogP contribution in [-0.2, 0) is 10.0 Å². The van der Waals surface area contributed by atoms with Crippen molar-refractivity contribution in [2.45, 2.75) is 25.7 Å². The zero-order valence-corrected chi connectivity index (χ0v) is 17.7. The molecule has 9 heteroatoms. The van der Waals surface area contributed by atoms with E-state index in [0.29, 0.717) is 10.7 Å². The zero-order chi connectivity index (χ0) is 19.8. The van der Waals surface area contributed by atoms with Gasteiger partial charge < -0.3 is 0 Å². The molecule has 2 N–H and O–H groups in total. The topological polar surface area (TPSA) is 88.2 Å². The number of nitrogens with one attached hydrogen (secondary N) is 2. The lowest BCUT2D eigenvalue weighted by Gasteiger charge is -2.12. The number of thiazole rings is 1. The van der Waals surface area contributed by atoms with Crippen molar-refractivity contribution in [1.82, 2.24) is 9.71 Å². The maximum absolute atomic E-state index is 12.6. The number of amides is 1. The van der Waals surface area contributed by atoms with Crippen molar-refractivity contribution >= 4 is 43.7 Å². The van der Waals surface area contributed by atoms with Crippen LogP contribution in [0.5, 0.6) is 0 Å². The number of nitrogens with zero attached hydrogens (tertiary/aromatic N) is 1. The van der Waals surface area contributed by atoms with Crippen LogP contribution >= 0.6 is 22.7 Å². The van der Waals surface area contributed by atoms with Crippen molar-refractivity contribution in [1.29, 1.82) is 0 Å². The lowest BCUT2D eigenvalue weighted by molar-refractivity contribution is 0.102. The second kappa shape index (κ2) is 7.51. The molecule has 2 heterocycles. The van der Waals surface area contributed by atoms with Gasteiger partial charge in [-0.1, -0.05) is 0 Å². The summed E-state index contributed by atoms with van der Waals surface area (Å²) >= 11 is 2.97. The lowest BCUT2D eigenvalue weighted by Crippen LogP contribution is -2.21. The number of sulfonamides is 1. The number of aromatic nitrogens is 1. The van der Waals surface area contributed by atoms with Crippen molar-refractivity contribution in [3.63, 3.8) is 0 Å². The summed E-state index contributed by atoms with van der Waals surface area (Å²) in [6, 6.07) is 7.09. The first-order chi connectivity index (χ1) is 12.7. The summed E-state index contributed by atoms with van der Waals surface area (Å²) in [6.45, 7) is 5.53. The van der Waals surface area contributed by atoms with E-state index in [4.69, 9.17) is 0 Å². The van der Waals surface area contributed by atoms with Crippen molar-refractivity contribution in [3.8, 4) is 10.6 Å². The number of anilines is 1. The SMILES string of the molecule is CNS(=O)(=O)c1cc(C(=O)Nc2nc(-c3ccc(C)s3)cs2)cc(C)c1C. The Balaban J connectivity index is 1.88. The first-order valence-corrected chi connectivity index (χ1v) is 11.3. The quantitative estimate of drug-likeness (QED) is 0.653. The number of hydrogen-bond donors (Lipinski definition) is 2. The molecule has 3 rings (SSSR count). The van der Waals surface area contributed by atoms with Gasteiger partial charge in [-0.05, 0) is 63.2 Å². The molecule has 0 atom stereocenters. The van der Waals surface area contributed by atoms with E-state index in [1.807, 2.05) is 24.4 Å². The van der Waals surface area contributed by atoms with Gasteiger partial charge in [-0.25, -0.2) is 18.1 Å². The van der Waals surface area contributed by atoms with Crippen LogP contribution in [0.15, 0.2) is 34.5 Å². The van der Waals surface area contributed by atoms with Gasteiger partial charge in [0.25, 0.3) is 5.91 Å². The highest BCUT2D eigenvalue weighted by Gasteiger charge is 2.20. The van der Waals surface area contributed by atoms with E-state index < -0.39 is 15.9 Å². The van der Waals surface area contributed by atoms with E-state index in [9.17, 15) is 13.2 Å². The van der Waals surface area contributed by atoms with E-state index in [2.05, 4.69) is 15.0 Å². The van der Waals surface area contributed by atoms with Crippen LogP contribution in [0, 0.1) is 20.8 Å². The fourth-order valence-electron chi connectivity index (χ4n) is 2.53. The van der Waals surface area contributed by atoms with Crippen molar-refractivity contribution in [2.24, 2.45) is 0 Å². The van der Waals surface area contributed by atoms with Gasteiger partial charge in [-0.2, -0.15) is 0 Å². The highest BCUT2D eigenvalue weighted by molar-refractivity contribution is 7.89. The van der Waals surface area contributed by atoms with Crippen LogP contribution in [0.3, 0.4) is 0 Å². The molecule has 0 aliphatic heterocycles. The van der Waals surface area contributed by atoms with Crippen LogP contribution in [0.1, 0.15) is 26.4 Å². The number of benzene rings is 1. The molecule has 0 aliphatic rings. The third-order valence-electron chi connectivity index (χ3n) is 4.16. The minimum absolute atomic E-state index is 0.101. The maximum Gasteiger partial charge on any atom is 0.257 e. The number of carbonyl (C=O) groups excluding carboxylic acids is 1. The third-order valence-corrected chi connectivity index (χ3v) is 7.48. The summed E-state index contributed by atoms with van der Waals surface area (Å²) in [6.07, 6.45) is 0. The largest absolute Gasteiger partial charge is 0.298 e. The molecule has 0 aliphatic carbocycles. The fourth-order valence-corrected chi connectivity index (χ4v) is 5.21. The summed E-state index contributed by atoms with van der Waals surface area (Å²) in [5.41, 5.74) is 2.43. The van der Waals surface area contributed by atoms with Gasteiger partial charge in [0.05, 0.1) is 15.5 Å². The Morgan fingerprint density at radius 1 is 1.15 bits per heavy atom. The van der Waals surface area contributed by atoms with Gasteiger partial charge in [0, 0.05) is 15.8 Å². The molecule has 1 amide bonds. The molecular formula is C18H19N3O3S3. The van der Waals surface area contributed by atoms with Crippen molar-refractivity contribution in [2.75, 3.05) is 12.4 Å². The molecule has 27 heavy (non-hydrogen) atoms. The predicted molar refractivity (Wildman–Crippen MR) is 110 cm³/mol. The molecule has 0 saturated carbocycles. The van der Waals surface area contributed by atoms with Gasteiger partial charge in [0.15, 0.2) is 5.13 Å². The zero-order valence-electron chi connectivity index (χ0n) is 15.3. The number of hydrogen-bond acceptors (Lipinski definition) is 6. The Morgan fingerprint density at radius 3 is 2.52 bits per heavy atom. The molecule has 0 bridgehead atoms. The molecule has 142 valence electrons. The summed E-state index contributed by atoms with van der Waals surface area (Å²) < 4.78 is 26.7. The molecule has 0 spiro atoms. The summed E-state index contributed by atoms with van der Waals surface area (Å²) in [5.74, 6) is -0.395. The van der Waals surface area contributed by atoms with Gasteiger partial charge in [-0.3, -0.25) is 10.1 Å². The third kappa shape index (κ3) is 4.11. The minimum atomic E-state index is -3.65. The molecule has 0 radical (unpaired) electrons. The molecule has 0 fully saturated rings. The fraction of sp³-hybridized carbons (Fsp3) is 0.222. The lowest BCUT2D eigenvalue weighted by atomic mass is 10.1. The molecule has 0 unspecified atom stereocenters. The van der Waals surface area contributed by atoms with Crippen LogP contribution in [-0.4, -0.2) is 26.4 Å². The number of thiophene rings is 1. The molecule has 1 aromatic carbocycles.